The Morgan fingerprint density at radius 1 is 1.07 bits per heavy atom. The Bertz CT molecular complexity index is 201. The number of rotatable bonds is 2. The first kappa shape index (κ1) is 16.2. The summed E-state index contributed by atoms with van der Waals surface area (Å²) >= 11 is 0. The van der Waals surface area contributed by atoms with Crippen molar-refractivity contribution in [1.29, 1.82) is 0 Å². The number of alkyl halides is 3. The third kappa shape index (κ3) is 24.5. The third-order valence-corrected chi connectivity index (χ3v) is 0.787. The molecule has 90 valence electrons. The molecule has 0 bridgehead atoms. The zero-order valence-corrected chi connectivity index (χ0v) is 8.68. The highest BCUT2D eigenvalue weighted by Gasteiger charge is 2.28. The minimum Gasteiger partial charge on any atom is -0.466 e. The summed E-state index contributed by atoms with van der Waals surface area (Å²) in [5.74, 6) is -1.13. The van der Waals surface area contributed by atoms with E-state index in [1.807, 2.05) is 0 Å². The molecule has 0 amide bonds. The quantitative estimate of drug-likeness (QED) is 0.677. The Morgan fingerprint density at radius 2 is 1.47 bits per heavy atom. The first-order valence-electron chi connectivity index (χ1n) is 4.02. The second-order valence-corrected chi connectivity index (χ2v) is 2.32. The Kier molecular flexibility index (Phi) is 8.70. The monoisotopic (exact) mass is 230 g/mol. The highest BCUT2D eigenvalue weighted by atomic mass is 19.4. The number of carbonyl (C=O) groups excluding carboxylic acids is 2. The first-order valence-corrected chi connectivity index (χ1v) is 4.02. The molecule has 0 saturated heterocycles. The average Bonchev–Trinajstić information content (AvgIpc) is 2.00. The van der Waals surface area contributed by atoms with Gasteiger partial charge in [-0.3, -0.25) is 9.59 Å². The summed E-state index contributed by atoms with van der Waals surface area (Å²) in [6.07, 6.45) is -4.41. The van der Waals surface area contributed by atoms with Crippen molar-refractivity contribution in [2.24, 2.45) is 0 Å². The molecule has 0 unspecified atom stereocenters. The number of hydrogen-bond acceptors (Lipinski definition) is 4. The number of carbonyl (C=O) groups is 2. The Hall–Kier alpha value is -1.27. The standard InChI is InChI=1S/C4H5F3O2.C4H8O2/c1-3(8)9-2-4(5,6)7;1-3-6-4(2)5/h2H2,1H3;3H2,1-2H3. The van der Waals surface area contributed by atoms with E-state index in [-0.39, 0.29) is 5.97 Å². The predicted molar refractivity (Wildman–Crippen MR) is 45.0 cm³/mol. The molecule has 0 radical (unpaired) electrons. The van der Waals surface area contributed by atoms with E-state index < -0.39 is 18.8 Å². The molecule has 0 fully saturated rings. The minimum absolute atomic E-state index is 0.211. The molecule has 0 atom stereocenters. The van der Waals surface area contributed by atoms with Crippen LogP contribution in [-0.4, -0.2) is 31.3 Å². The fourth-order valence-corrected chi connectivity index (χ4v) is 0.387. The van der Waals surface area contributed by atoms with Gasteiger partial charge in [0.05, 0.1) is 6.61 Å². The molecular weight excluding hydrogens is 217 g/mol. The van der Waals surface area contributed by atoms with Gasteiger partial charge in [-0.05, 0) is 6.92 Å². The van der Waals surface area contributed by atoms with Gasteiger partial charge in [-0.25, -0.2) is 0 Å². The van der Waals surface area contributed by atoms with Gasteiger partial charge in [-0.15, -0.1) is 0 Å². The zero-order valence-electron chi connectivity index (χ0n) is 8.68. The van der Waals surface area contributed by atoms with Gasteiger partial charge < -0.3 is 9.47 Å². The van der Waals surface area contributed by atoms with Crippen molar-refractivity contribution in [3.05, 3.63) is 0 Å². The van der Waals surface area contributed by atoms with Crippen molar-refractivity contribution in [1.82, 2.24) is 0 Å². The lowest BCUT2D eigenvalue weighted by Gasteiger charge is -2.04. The molecule has 0 aromatic heterocycles. The van der Waals surface area contributed by atoms with Crippen LogP contribution in [0.25, 0.3) is 0 Å². The molecular formula is C8H13F3O4. The third-order valence-electron chi connectivity index (χ3n) is 0.787. The Balaban J connectivity index is 0. The molecule has 0 spiro atoms. The van der Waals surface area contributed by atoms with Gasteiger partial charge in [0.1, 0.15) is 0 Å². The molecule has 7 heteroatoms. The molecule has 15 heavy (non-hydrogen) atoms. The van der Waals surface area contributed by atoms with Crippen molar-refractivity contribution < 1.29 is 32.2 Å². The van der Waals surface area contributed by atoms with Gasteiger partial charge in [0.2, 0.25) is 0 Å². The van der Waals surface area contributed by atoms with Gasteiger partial charge in [-0.2, -0.15) is 13.2 Å². The van der Waals surface area contributed by atoms with E-state index in [2.05, 4.69) is 9.47 Å². The van der Waals surface area contributed by atoms with Crippen molar-refractivity contribution in [3.63, 3.8) is 0 Å². The summed E-state index contributed by atoms with van der Waals surface area (Å²) in [5.41, 5.74) is 0. The highest BCUT2D eigenvalue weighted by Crippen LogP contribution is 2.14. The van der Waals surface area contributed by atoms with E-state index in [9.17, 15) is 22.8 Å². The lowest BCUT2D eigenvalue weighted by atomic mass is 10.7. The maximum Gasteiger partial charge on any atom is 0.422 e. The molecule has 0 saturated carbocycles. The van der Waals surface area contributed by atoms with Crippen LogP contribution in [0.5, 0.6) is 0 Å². The average molecular weight is 230 g/mol. The second kappa shape index (κ2) is 8.07. The van der Waals surface area contributed by atoms with Gasteiger partial charge >= 0.3 is 18.1 Å². The molecule has 0 rings (SSSR count). The van der Waals surface area contributed by atoms with Crippen LogP contribution in [0.4, 0.5) is 13.2 Å². The molecule has 4 nitrogen and oxygen atoms in total. The fraction of sp³-hybridized carbons (Fsp3) is 0.750. The highest BCUT2D eigenvalue weighted by molar-refractivity contribution is 5.66. The predicted octanol–water partition coefficient (Wildman–Crippen LogP) is 1.68. The van der Waals surface area contributed by atoms with Crippen LogP contribution in [0.15, 0.2) is 0 Å². The van der Waals surface area contributed by atoms with Gasteiger partial charge in [0.15, 0.2) is 6.61 Å². The van der Waals surface area contributed by atoms with Crippen molar-refractivity contribution in [3.8, 4) is 0 Å². The van der Waals surface area contributed by atoms with Crippen LogP contribution >= 0.6 is 0 Å². The van der Waals surface area contributed by atoms with E-state index in [1.165, 1.54) is 6.92 Å². The smallest absolute Gasteiger partial charge is 0.422 e. The first-order chi connectivity index (χ1) is 6.69. The molecule has 0 aliphatic heterocycles. The lowest BCUT2D eigenvalue weighted by Crippen LogP contribution is -2.18. The molecule has 0 aliphatic rings. The minimum atomic E-state index is -4.41. The van der Waals surface area contributed by atoms with Crippen LogP contribution in [0, 0.1) is 0 Å². The second-order valence-electron chi connectivity index (χ2n) is 2.32. The van der Waals surface area contributed by atoms with Crippen molar-refractivity contribution in [2.45, 2.75) is 26.9 Å². The number of ether oxygens (including phenoxy) is 2. The summed E-state index contributed by atoms with van der Waals surface area (Å²) in [5, 5.41) is 0. The van der Waals surface area contributed by atoms with Gasteiger partial charge in [0, 0.05) is 13.8 Å². The van der Waals surface area contributed by atoms with Crippen LogP contribution in [0.3, 0.4) is 0 Å². The van der Waals surface area contributed by atoms with Crippen LogP contribution in [-0.2, 0) is 19.1 Å². The summed E-state index contributed by atoms with van der Waals surface area (Å²) in [6, 6.07) is 0. The van der Waals surface area contributed by atoms with Crippen LogP contribution in [0.2, 0.25) is 0 Å². The normalized spacial score (nSPS) is 9.73. The molecule has 0 aromatic rings. The summed E-state index contributed by atoms with van der Waals surface area (Å²) < 4.78 is 41.5. The summed E-state index contributed by atoms with van der Waals surface area (Å²) in [4.78, 5) is 19.6. The fourth-order valence-electron chi connectivity index (χ4n) is 0.387. The molecule has 0 N–H and O–H groups in total. The summed E-state index contributed by atoms with van der Waals surface area (Å²) in [6.45, 7) is 3.08. The number of esters is 2. The molecule has 0 heterocycles. The van der Waals surface area contributed by atoms with Gasteiger partial charge in [-0.1, -0.05) is 0 Å². The van der Waals surface area contributed by atoms with E-state index in [1.54, 1.807) is 6.92 Å². The number of halogens is 3. The maximum atomic E-state index is 11.1. The maximum absolute atomic E-state index is 11.1. The van der Waals surface area contributed by atoms with Crippen LogP contribution in [0.1, 0.15) is 20.8 Å². The lowest BCUT2D eigenvalue weighted by molar-refractivity contribution is -0.184. The SMILES string of the molecule is CC(=O)OCC(F)(F)F.CCOC(C)=O. The van der Waals surface area contributed by atoms with E-state index in [0.717, 1.165) is 6.92 Å². The largest absolute Gasteiger partial charge is 0.466 e. The summed E-state index contributed by atoms with van der Waals surface area (Å²) in [7, 11) is 0. The Labute approximate surface area is 85.3 Å². The molecule has 0 aromatic carbocycles. The van der Waals surface area contributed by atoms with Crippen LogP contribution < -0.4 is 0 Å². The molecule has 0 aliphatic carbocycles. The number of hydrogen-bond donors (Lipinski definition) is 0. The van der Waals surface area contributed by atoms with E-state index in [4.69, 9.17) is 0 Å². The zero-order chi connectivity index (χ0) is 12.5. The Morgan fingerprint density at radius 3 is 1.53 bits per heavy atom. The van der Waals surface area contributed by atoms with E-state index >= 15 is 0 Å². The van der Waals surface area contributed by atoms with Crippen molar-refractivity contribution in [2.75, 3.05) is 13.2 Å². The van der Waals surface area contributed by atoms with E-state index in [0.29, 0.717) is 6.61 Å². The van der Waals surface area contributed by atoms with Crippen molar-refractivity contribution >= 4 is 11.9 Å². The van der Waals surface area contributed by atoms with Gasteiger partial charge in [0.25, 0.3) is 0 Å². The topological polar surface area (TPSA) is 52.6 Å².